The molecule has 0 fully saturated rings. The van der Waals surface area contributed by atoms with E-state index in [9.17, 15) is 5.11 Å². The minimum absolute atomic E-state index is 0.584. The summed E-state index contributed by atoms with van der Waals surface area (Å²) in [5.74, 6) is 0.584. The first-order valence-electron chi connectivity index (χ1n) is 8.39. The number of pyridine rings is 1. The lowest BCUT2D eigenvalue weighted by molar-refractivity contribution is 0.220. The van der Waals surface area contributed by atoms with E-state index in [-0.39, 0.29) is 0 Å². The van der Waals surface area contributed by atoms with Gasteiger partial charge in [0.2, 0.25) is 0 Å². The first-order chi connectivity index (χ1) is 12.8. The first kappa shape index (κ1) is 16.1. The third-order valence-corrected chi connectivity index (χ3v) is 4.19. The summed E-state index contributed by atoms with van der Waals surface area (Å²) in [7, 11) is 0. The Kier molecular flexibility index (Phi) is 4.50. The second-order valence-corrected chi connectivity index (χ2v) is 5.92. The van der Waals surface area contributed by atoms with Gasteiger partial charge in [-0.15, -0.1) is 0 Å². The van der Waals surface area contributed by atoms with Gasteiger partial charge >= 0.3 is 0 Å². The smallest absolute Gasteiger partial charge is 0.161 e. The SMILES string of the molecule is O[C@@H](c1ccccc1)c1cnc(-c2cccnc2)nc1-c1ccccc1. The molecule has 4 rings (SSSR count). The van der Waals surface area contributed by atoms with Crippen LogP contribution in [0.1, 0.15) is 17.2 Å². The van der Waals surface area contributed by atoms with Crippen LogP contribution in [0.5, 0.6) is 0 Å². The van der Waals surface area contributed by atoms with Gasteiger partial charge in [-0.2, -0.15) is 0 Å². The van der Waals surface area contributed by atoms with Crippen molar-refractivity contribution in [3.63, 3.8) is 0 Å². The van der Waals surface area contributed by atoms with Crippen molar-refractivity contribution in [2.45, 2.75) is 6.10 Å². The Bertz CT molecular complexity index is 990. The number of aliphatic hydroxyl groups is 1. The molecular formula is C22H17N3O. The molecule has 2 heterocycles. The molecule has 0 spiro atoms. The topological polar surface area (TPSA) is 58.9 Å². The predicted octanol–water partition coefficient (Wildman–Crippen LogP) is 4.29. The summed E-state index contributed by atoms with van der Waals surface area (Å²) in [4.78, 5) is 13.4. The molecule has 4 nitrogen and oxygen atoms in total. The van der Waals surface area contributed by atoms with E-state index in [0.29, 0.717) is 11.4 Å². The molecule has 4 aromatic rings. The van der Waals surface area contributed by atoms with Crippen LogP contribution >= 0.6 is 0 Å². The van der Waals surface area contributed by atoms with E-state index >= 15 is 0 Å². The highest BCUT2D eigenvalue weighted by Crippen LogP contribution is 2.31. The lowest BCUT2D eigenvalue weighted by Crippen LogP contribution is -2.06. The molecule has 2 aromatic carbocycles. The van der Waals surface area contributed by atoms with Gasteiger partial charge in [-0.3, -0.25) is 4.98 Å². The van der Waals surface area contributed by atoms with Gasteiger partial charge in [-0.25, -0.2) is 9.97 Å². The van der Waals surface area contributed by atoms with Crippen molar-refractivity contribution in [1.29, 1.82) is 0 Å². The third kappa shape index (κ3) is 3.23. The van der Waals surface area contributed by atoms with Crippen LogP contribution in [0.15, 0.2) is 91.4 Å². The molecule has 0 saturated carbocycles. The maximum atomic E-state index is 10.9. The first-order valence-corrected chi connectivity index (χ1v) is 8.39. The van der Waals surface area contributed by atoms with Crippen LogP contribution in [0.3, 0.4) is 0 Å². The van der Waals surface area contributed by atoms with Gasteiger partial charge in [-0.1, -0.05) is 60.7 Å². The molecule has 0 aliphatic heterocycles. The molecule has 0 radical (unpaired) electrons. The van der Waals surface area contributed by atoms with Crippen molar-refractivity contribution in [2.24, 2.45) is 0 Å². The zero-order valence-electron chi connectivity index (χ0n) is 14.0. The van der Waals surface area contributed by atoms with Crippen molar-refractivity contribution < 1.29 is 5.11 Å². The van der Waals surface area contributed by atoms with E-state index in [1.807, 2.05) is 72.8 Å². The van der Waals surface area contributed by atoms with E-state index < -0.39 is 6.10 Å². The molecule has 1 N–H and O–H groups in total. The minimum atomic E-state index is -0.797. The zero-order chi connectivity index (χ0) is 17.8. The monoisotopic (exact) mass is 339 g/mol. The van der Waals surface area contributed by atoms with Gasteiger partial charge in [0.05, 0.1) is 5.69 Å². The van der Waals surface area contributed by atoms with Crippen LogP contribution in [-0.2, 0) is 0 Å². The minimum Gasteiger partial charge on any atom is -0.384 e. The average Bonchev–Trinajstić information content (AvgIpc) is 2.75. The Hall–Kier alpha value is -3.37. The van der Waals surface area contributed by atoms with Gasteiger partial charge in [0, 0.05) is 35.3 Å². The number of hydrogen-bond acceptors (Lipinski definition) is 4. The number of aliphatic hydroxyl groups excluding tert-OH is 1. The van der Waals surface area contributed by atoms with Crippen molar-refractivity contribution in [2.75, 3.05) is 0 Å². The van der Waals surface area contributed by atoms with Crippen molar-refractivity contribution in [1.82, 2.24) is 15.0 Å². The van der Waals surface area contributed by atoms with Gasteiger partial charge in [0.25, 0.3) is 0 Å². The Morgan fingerprint density at radius 3 is 2.12 bits per heavy atom. The number of hydrogen-bond donors (Lipinski definition) is 1. The van der Waals surface area contributed by atoms with Gasteiger partial charge in [0.1, 0.15) is 6.10 Å². The molecule has 26 heavy (non-hydrogen) atoms. The zero-order valence-corrected chi connectivity index (χ0v) is 14.0. The quantitative estimate of drug-likeness (QED) is 0.603. The molecular weight excluding hydrogens is 322 g/mol. The second kappa shape index (κ2) is 7.25. The summed E-state index contributed by atoms with van der Waals surface area (Å²) < 4.78 is 0. The predicted molar refractivity (Wildman–Crippen MR) is 101 cm³/mol. The molecule has 0 unspecified atom stereocenters. The van der Waals surface area contributed by atoms with E-state index in [1.54, 1.807) is 18.6 Å². The average molecular weight is 339 g/mol. The normalized spacial score (nSPS) is 11.9. The lowest BCUT2D eigenvalue weighted by atomic mass is 9.98. The Labute approximate surface area is 151 Å². The highest BCUT2D eigenvalue weighted by atomic mass is 16.3. The largest absolute Gasteiger partial charge is 0.384 e. The Morgan fingerprint density at radius 1 is 0.731 bits per heavy atom. The fourth-order valence-corrected chi connectivity index (χ4v) is 2.87. The fourth-order valence-electron chi connectivity index (χ4n) is 2.87. The summed E-state index contributed by atoms with van der Waals surface area (Å²) in [6.07, 6.45) is 4.36. The van der Waals surface area contributed by atoms with E-state index in [1.165, 1.54) is 0 Å². The summed E-state index contributed by atoms with van der Waals surface area (Å²) in [6, 6.07) is 23.2. The molecule has 2 aromatic heterocycles. The summed E-state index contributed by atoms with van der Waals surface area (Å²) in [5, 5.41) is 10.9. The summed E-state index contributed by atoms with van der Waals surface area (Å²) in [6.45, 7) is 0. The van der Waals surface area contributed by atoms with Crippen molar-refractivity contribution in [3.8, 4) is 22.6 Å². The van der Waals surface area contributed by atoms with Crippen LogP contribution in [0, 0.1) is 0 Å². The van der Waals surface area contributed by atoms with Crippen molar-refractivity contribution >= 4 is 0 Å². The summed E-state index contributed by atoms with van der Waals surface area (Å²) in [5.41, 5.74) is 3.98. The van der Waals surface area contributed by atoms with Gasteiger partial charge < -0.3 is 5.11 Å². The molecule has 0 bridgehead atoms. The van der Waals surface area contributed by atoms with Crippen LogP contribution in [-0.4, -0.2) is 20.1 Å². The lowest BCUT2D eigenvalue weighted by Gasteiger charge is -2.16. The standard InChI is InChI=1S/C22H17N3O/c26-21(17-10-5-2-6-11-17)19-15-24-22(18-12-7-13-23-14-18)25-20(19)16-8-3-1-4-9-16/h1-15,21,26H/t21-/m0/s1. The number of benzene rings is 2. The second-order valence-electron chi connectivity index (χ2n) is 5.92. The van der Waals surface area contributed by atoms with E-state index in [0.717, 1.165) is 22.4 Å². The molecule has 4 heteroatoms. The fraction of sp³-hybridized carbons (Fsp3) is 0.0455. The Balaban J connectivity index is 1.86. The van der Waals surface area contributed by atoms with Gasteiger partial charge in [-0.05, 0) is 17.7 Å². The van der Waals surface area contributed by atoms with Crippen LogP contribution in [0.4, 0.5) is 0 Å². The Morgan fingerprint density at radius 2 is 1.42 bits per heavy atom. The van der Waals surface area contributed by atoms with Gasteiger partial charge in [0.15, 0.2) is 5.82 Å². The number of rotatable bonds is 4. The van der Waals surface area contributed by atoms with Crippen LogP contribution in [0.25, 0.3) is 22.6 Å². The third-order valence-electron chi connectivity index (χ3n) is 4.19. The highest BCUT2D eigenvalue weighted by Gasteiger charge is 2.18. The molecule has 0 saturated heterocycles. The molecule has 126 valence electrons. The molecule has 0 aliphatic rings. The molecule has 0 aliphatic carbocycles. The molecule has 1 atom stereocenters. The number of aromatic nitrogens is 3. The van der Waals surface area contributed by atoms with Crippen LogP contribution < -0.4 is 0 Å². The summed E-state index contributed by atoms with van der Waals surface area (Å²) >= 11 is 0. The number of nitrogens with zero attached hydrogens (tertiary/aromatic N) is 3. The van der Waals surface area contributed by atoms with E-state index in [2.05, 4.69) is 9.97 Å². The maximum absolute atomic E-state index is 10.9. The molecule has 0 amide bonds. The van der Waals surface area contributed by atoms with E-state index in [4.69, 9.17) is 4.98 Å². The van der Waals surface area contributed by atoms with Crippen molar-refractivity contribution in [3.05, 3.63) is 103 Å². The highest BCUT2D eigenvalue weighted by molar-refractivity contribution is 5.67. The van der Waals surface area contributed by atoms with Crippen LogP contribution in [0.2, 0.25) is 0 Å². The maximum Gasteiger partial charge on any atom is 0.161 e.